The van der Waals surface area contributed by atoms with Gasteiger partial charge >= 0.3 is 6.18 Å². The van der Waals surface area contributed by atoms with Crippen LogP contribution in [-0.4, -0.2) is 47.3 Å². The Balaban J connectivity index is 1.37. The Hall–Kier alpha value is -5.82. The minimum atomic E-state index is -4.76. The molecule has 2 N–H and O–H groups in total. The van der Waals surface area contributed by atoms with Crippen LogP contribution in [0.3, 0.4) is 0 Å². The largest absolute Gasteiger partial charge is 0.497 e. The van der Waals surface area contributed by atoms with Gasteiger partial charge in [-0.05, 0) is 71.6 Å². The highest BCUT2D eigenvalue weighted by Gasteiger charge is 2.39. The Labute approximate surface area is 308 Å². The van der Waals surface area contributed by atoms with Gasteiger partial charge in [-0.3, -0.25) is 4.98 Å². The average molecular weight is 742 g/mol. The Kier molecular flexibility index (Phi) is 9.84. The Morgan fingerprint density at radius 3 is 2.17 bits per heavy atom. The summed E-state index contributed by atoms with van der Waals surface area (Å²) >= 11 is 7.08. The summed E-state index contributed by atoms with van der Waals surface area (Å²) in [5.41, 5.74) is 8.30. The molecular formula is C39H35ClF3N7O3. The van der Waals surface area contributed by atoms with E-state index in [1.54, 1.807) is 26.6 Å². The van der Waals surface area contributed by atoms with E-state index in [9.17, 15) is 0 Å². The fourth-order valence-electron chi connectivity index (χ4n) is 6.52. The lowest BCUT2D eigenvalue weighted by Gasteiger charge is -2.27. The first-order chi connectivity index (χ1) is 25.5. The maximum Gasteiger partial charge on any atom is 0.418 e. The Morgan fingerprint density at radius 1 is 0.906 bits per heavy atom. The van der Waals surface area contributed by atoms with E-state index in [-0.39, 0.29) is 34.2 Å². The molecule has 0 spiro atoms. The average Bonchev–Trinajstić information content (AvgIpc) is 3.33. The van der Waals surface area contributed by atoms with Gasteiger partial charge in [-0.1, -0.05) is 35.9 Å². The molecule has 272 valence electrons. The Morgan fingerprint density at radius 2 is 1.57 bits per heavy atom. The van der Waals surface area contributed by atoms with Crippen LogP contribution >= 0.6 is 11.6 Å². The van der Waals surface area contributed by atoms with Crippen LogP contribution in [0.2, 0.25) is 5.02 Å². The van der Waals surface area contributed by atoms with E-state index >= 15 is 13.2 Å². The molecule has 7 rings (SSSR count). The number of nitrogen functional groups attached to an aromatic ring is 1. The minimum Gasteiger partial charge on any atom is -0.497 e. The number of benzene rings is 3. The van der Waals surface area contributed by atoms with Crippen molar-refractivity contribution < 1.29 is 27.4 Å². The van der Waals surface area contributed by atoms with Crippen LogP contribution in [0.25, 0.3) is 22.2 Å². The van der Waals surface area contributed by atoms with E-state index in [0.29, 0.717) is 65.9 Å². The number of rotatable bonds is 10. The van der Waals surface area contributed by atoms with Gasteiger partial charge < -0.3 is 29.7 Å². The molecule has 0 fully saturated rings. The normalized spacial score (nSPS) is 12.7. The summed E-state index contributed by atoms with van der Waals surface area (Å²) in [6.07, 6.45) is -0.107. The summed E-state index contributed by atoms with van der Waals surface area (Å²) in [7, 11) is 3.17. The third-order valence-electron chi connectivity index (χ3n) is 9.03. The van der Waals surface area contributed by atoms with Crippen molar-refractivity contribution in [2.75, 3.05) is 42.9 Å². The maximum atomic E-state index is 15.0. The van der Waals surface area contributed by atoms with Crippen molar-refractivity contribution in [2.24, 2.45) is 0 Å². The molecule has 0 bridgehead atoms. The third-order valence-corrected chi connectivity index (χ3v) is 9.40. The summed E-state index contributed by atoms with van der Waals surface area (Å²) in [5.74, 6) is 2.41. The van der Waals surface area contributed by atoms with Gasteiger partial charge in [0, 0.05) is 37.6 Å². The highest BCUT2D eigenvalue weighted by atomic mass is 35.5. The van der Waals surface area contributed by atoms with Crippen LogP contribution in [0, 0.1) is 6.92 Å². The van der Waals surface area contributed by atoms with Crippen LogP contribution < -0.4 is 29.7 Å². The molecule has 10 nitrogen and oxygen atoms in total. The highest BCUT2D eigenvalue weighted by molar-refractivity contribution is 6.36. The smallest absolute Gasteiger partial charge is 0.418 e. The molecule has 0 aliphatic carbocycles. The molecule has 4 heterocycles. The first kappa shape index (κ1) is 35.6. The molecule has 6 aromatic rings. The monoisotopic (exact) mass is 741 g/mol. The van der Waals surface area contributed by atoms with Crippen molar-refractivity contribution in [3.63, 3.8) is 0 Å². The van der Waals surface area contributed by atoms with Crippen LogP contribution in [0.1, 0.15) is 27.8 Å². The van der Waals surface area contributed by atoms with Gasteiger partial charge in [0.1, 0.15) is 36.1 Å². The minimum absolute atomic E-state index is 0.0137. The fourth-order valence-corrected chi connectivity index (χ4v) is 6.81. The van der Waals surface area contributed by atoms with E-state index < -0.39 is 11.7 Å². The number of hydrogen-bond acceptors (Lipinski definition) is 10. The van der Waals surface area contributed by atoms with Crippen molar-refractivity contribution in [2.45, 2.75) is 32.7 Å². The summed E-state index contributed by atoms with van der Waals surface area (Å²) in [4.78, 5) is 21.9. The topological polar surface area (TPSA) is 112 Å². The lowest BCUT2D eigenvalue weighted by Crippen LogP contribution is -2.27. The molecular weight excluding hydrogens is 707 g/mol. The first-order valence-corrected chi connectivity index (χ1v) is 17.0. The molecule has 3 aromatic carbocycles. The SMILES string of the molecule is COc1ccc(CN(Cc2ccc(OC)cc2)c2cc(C)c(C(F)(F)F)c(-c3cc4ncnc5c4c(c3Cl)OCCN5Cc3cncc(N)c3)n2)cc1. The molecule has 1 aliphatic rings. The van der Waals surface area contributed by atoms with Crippen molar-refractivity contribution in [3.8, 4) is 28.5 Å². The summed E-state index contributed by atoms with van der Waals surface area (Å²) < 4.78 is 61.9. The van der Waals surface area contributed by atoms with Crippen LogP contribution in [0.5, 0.6) is 17.2 Å². The number of methoxy groups -OCH3 is 2. The molecule has 1 aliphatic heterocycles. The van der Waals surface area contributed by atoms with Crippen molar-refractivity contribution in [1.82, 2.24) is 19.9 Å². The van der Waals surface area contributed by atoms with Gasteiger partial charge in [-0.2, -0.15) is 13.2 Å². The van der Waals surface area contributed by atoms with E-state index in [0.717, 1.165) is 16.7 Å². The van der Waals surface area contributed by atoms with Gasteiger partial charge in [0.25, 0.3) is 0 Å². The zero-order valence-corrected chi connectivity index (χ0v) is 29.9. The van der Waals surface area contributed by atoms with Gasteiger partial charge in [0.05, 0.1) is 53.6 Å². The van der Waals surface area contributed by atoms with Crippen LogP contribution in [-0.2, 0) is 25.8 Å². The van der Waals surface area contributed by atoms with Gasteiger partial charge in [0.15, 0.2) is 5.75 Å². The number of alkyl halides is 3. The van der Waals surface area contributed by atoms with E-state index in [4.69, 9.17) is 36.5 Å². The molecule has 3 aromatic heterocycles. The number of nitrogens with zero attached hydrogens (tertiary/aromatic N) is 6. The molecule has 0 saturated heterocycles. The lowest BCUT2D eigenvalue weighted by atomic mass is 9.98. The van der Waals surface area contributed by atoms with Crippen molar-refractivity contribution in [3.05, 3.63) is 118 Å². The van der Waals surface area contributed by atoms with E-state index in [2.05, 4.69) is 15.0 Å². The molecule has 0 unspecified atom stereocenters. The van der Waals surface area contributed by atoms with Crippen LogP contribution in [0.4, 0.5) is 30.5 Å². The predicted octanol–water partition coefficient (Wildman–Crippen LogP) is 8.27. The fraction of sp³-hybridized carbons (Fsp3) is 0.231. The van der Waals surface area contributed by atoms with Crippen molar-refractivity contribution in [1.29, 1.82) is 0 Å². The van der Waals surface area contributed by atoms with Gasteiger partial charge in [0.2, 0.25) is 0 Å². The first-order valence-electron chi connectivity index (χ1n) is 16.7. The second-order valence-corrected chi connectivity index (χ2v) is 13.0. The lowest BCUT2D eigenvalue weighted by molar-refractivity contribution is -0.137. The van der Waals surface area contributed by atoms with Crippen molar-refractivity contribution >= 4 is 39.8 Å². The second-order valence-electron chi connectivity index (χ2n) is 12.6. The summed E-state index contributed by atoms with van der Waals surface area (Å²) in [6.45, 7) is 3.10. The molecule has 0 atom stereocenters. The van der Waals surface area contributed by atoms with Crippen LogP contribution in [0.15, 0.2) is 85.5 Å². The number of anilines is 3. The molecule has 0 amide bonds. The number of halogens is 4. The zero-order chi connectivity index (χ0) is 37.3. The Bertz CT molecular complexity index is 2220. The van der Waals surface area contributed by atoms with E-state index in [1.807, 2.05) is 64.4 Å². The summed E-state index contributed by atoms with van der Waals surface area (Å²) in [6, 6.07) is 19.8. The van der Waals surface area contributed by atoms with Gasteiger partial charge in [-0.15, -0.1) is 0 Å². The quantitative estimate of drug-likeness (QED) is 0.147. The molecule has 14 heteroatoms. The number of aryl methyl sites for hydroxylation is 1. The molecule has 0 radical (unpaired) electrons. The molecule has 53 heavy (non-hydrogen) atoms. The van der Waals surface area contributed by atoms with E-state index in [1.165, 1.54) is 25.4 Å². The predicted molar refractivity (Wildman–Crippen MR) is 199 cm³/mol. The number of ether oxygens (including phenoxy) is 3. The number of hydrogen-bond donors (Lipinski definition) is 1. The third kappa shape index (κ3) is 7.43. The molecule has 0 saturated carbocycles. The summed E-state index contributed by atoms with van der Waals surface area (Å²) in [5, 5.41) is 0.463. The maximum absolute atomic E-state index is 15.0. The number of aromatic nitrogens is 4. The standard InChI is InChI=1S/C39H35ClF3N7O3/c1-23-14-32(50(19-24-4-8-28(51-2)9-5-24)20-25-6-10-29(52-3)11-7-25)48-36(34(23)39(41,42)43)30-16-31-33-37(35(30)40)53-13-12-49(38(33)47-22-46-31)21-26-15-27(44)18-45-17-26/h4-11,14-18,22H,12-13,19-21,44H2,1-3H3. The second kappa shape index (κ2) is 14.7. The van der Waals surface area contributed by atoms with Gasteiger partial charge in [-0.25, -0.2) is 15.0 Å². The zero-order valence-electron chi connectivity index (χ0n) is 29.1. The highest BCUT2D eigenvalue weighted by Crippen LogP contribution is 2.48. The number of pyridine rings is 2. The number of nitrogens with two attached hydrogens (primary N) is 1.